The van der Waals surface area contributed by atoms with E-state index in [0.29, 0.717) is 17.9 Å². The van der Waals surface area contributed by atoms with Gasteiger partial charge in [0.15, 0.2) is 5.16 Å². The van der Waals surface area contributed by atoms with Gasteiger partial charge in [-0.25, -0.2) is 9.97 Å². The van der Waals surface area contributed by atoms with Crippen molar-refractivity contribution in [3.05, 3.63) is 77.2 Å². The van der Waals surface area contributed by atoms with Gasteiger partial charge >= 0.3 is 0 Å². The standard InChI is InChI=1S/C26H32N6OS/c1-3-23-16-24(32-13-11-31(4-2)12-14-32)30-26(29-23)34-19-20-7-5-9-22(15-20)25(33)28-18-21-8-6-10-27-17-21/h5-10,15-17H,3-4,11-14,18-19H2,1-2H3,(H,28,33). The minimum atomic E-state index is -0.0894. The SMILES string of the molecule is CCc1cc(N2CCN(CC)CC2)nc(SCc2cccc(C(=O)NCc3cccnc3)c2)n1. The summed E-state index contributed by atoms with van der Waals surface area (Å²) in [6.45, 7) is 10.0. The van der Waals surface area contributed by atoms with E-state index in [1.165, 1.54) is 0 Å². The summed E-state index contributed by atoms with van der Waals surface area (Å²) in [4.78, 5) is 31.1. The van der Waals surface area contributed by atoms with Crippen LogP contribution in [0.4, 0.5) is 5.82 Å². The lowest BCUT2D eigenvalue weighted by Crippen LogP contribution is -2.46. The minimum Gasteiger partial charge on any atom is -0.354 e. The lowest BCUT2D eigenvalue weighted by atomic mass is 10.1. The predicted octanol–water partition coefficient (Wildman–Crippen LogP) is 3.80. The quantitative estimate of drug-likeness (QED) is 0.372. The van der Waals surface area contributed by atoms with Crippen LogP contribution in [0.2, 0.25) is 0 Å². The van der Waals surface area contributed by atoms with Crippen molar-refractivity contribution in [2.45, 2.75) is 37.7 Å². The Morgan fingerprint density at radius 1 is 1.03 bits per heavy atom. The molecular formula is C26H32N6OS. The van der Waals surface area contributed by atoms with E-state index in [1.54, 1.807) is 24.2 Å². The second-order valence-corrected chi connectivity index (χ2v) is 9.25. The molecule has 0 saturated carbocycles. The molecule has 1 aromatic carbocycles. The van der Waals surface area contributed by atoms with Crippen LogP contribution in [0, 0.1) is 0 Å². The molecule has 0 atom stereocenters. The molecule has 0 radical (unpaired) electrons. The molecular weight excluding hydrogens is 444 g/mol. The number of benzene rings is 1. The maximum absolute atomic E-state index is 12.6. The van der Waals surface area contributed by atoms with Crippen molar-refractivity contribution in [3.63, 3.8) is 0 Å². The summed E-state index contributed by atoms with van der Waals surface area (Å²) in [5.74, 6) is 1.64. The van der Waals surface area contributed by atoms with E-state index in [0.717, 1.165) is 66.9 Å². The van der Waals surface area contributed by atoms with Gasteiger partial charge in [-0.3, -0.25) is 9.78 Å². The molecule has 2 aromatic heterocycles. The van der Waals surface area contributed by atoms with Crippen LogP contribution in [0.1, 0.15) is 41.0 Å². The largest absolute Gasteiger partial charge is 0.354 e. The van der Waals surface area contributed by atoms with Gasteiger partial charge in [-0.15, -0.1) is 0 Å². The zero-order chi connectivity index (χ0) is 23.8. The number of hydrogen-bond donors (Lipinski definition) is 1. The van der Waals surface area contributed by atoms with Crippen LogP contribution in [0.15, 0.2) is 60.0 Å². The fraction of sp³-hybridized carbons (Fsp3) is 0.385. The first kappa shape index (κ1) is 24.2. The number of aromatic nitrogens is 3. The van der Waals surface area contributed by atoms with E-state index >= 15 is 0 Å². The minimum absolute atomic E-state index is 0.0894. The zero-order valence-corrected chi connectivity index (χ0v) is 20.7. The van der Waals surface area contributed by atoms with E-state index in [2.05, 4.69) is 40.0 Å². The maximum atomic E-state index is 12.6. The number of carbonyl (C=O) groups is 1. The number of pyridine rings is 1. The third kappa shape index (κ3) is 6.55. The van der Waals surface area contributed by atoms with Gasteiger partial charge in [-0.05, 0) is 42.3 Å². The van der Waals surface area contributed by atoms with Crippen LogP contribution in [0.5, 0.6) is 0 Å². The lowest BCUT2D eigenvalue weighted by Gasteiger charge is -2.34. The molecule has 3 aromatic rings. The maximum Gasteiger partial charge on any atom is 0.251 e. The molecule has 34 heavy (non-hydrogen) atoms. The van der Waals surface area contributed by atoms with Gasteiger partial charge in [-0.1, -0.05) is 43.8 Å². The number of nitrogens with one attached hydrogen (secondary N) is 1. The van der Waals surface area contributed by atoms with Gasteiger partial charge in [0.2, 0.25) is 0 Å². The molecule has 1 aliphatic heterocycles. The zero-order valence-electron chi connectivity index (χ0n) is 19.9. The molecule has 0 spiro atoms. The predicted molar refractivity (Wildman–Crippen MR) is 137 cm³/mol. The van der Waals surface area contributed by atoms with Gasteiger partial charge in [-0.2, -0.15) is 0 Å². The molecule has 0 bridgehead atoms. The van der Waals surface area contributed by atoms with Crippen LogP contribution in [0.25, 0.3) is 0 Å². The number of rotatable bonds is 9. The second-order valence-electron chi connectivity index (χ2n) is 8.31. The summed E-state index contributed by atoms with van der Waals surface area (Å²) < 4.78 is 0. The molecule has 0 unspecified atom stereocenters. The average Bonchev–Trinajstić information content (AvgIpc) is 2.91. The second kappa shape index (κ2) is 11.9. The Balaban J connectivity index is 1.38. The number of carbonyl (C=O) groups excluding carboxylic acids is 1. The average molecular weight is 477 g/mol. The first-order valence-corrected chi connectivity index (χ1v) is 12.9. The Kier molecular flexibility index (Phi) is 8.49. The van der Waals surface area contributed by atoms with E-state index in [-0.39, 0.29) is 5.91 Å². The van der Waals surface area contributed by atoms with Crippen molar-refractivity contribution in [1.82, 2.24) is 25.2 Å². The van der Waals surface area contributed by atoms with Crippen molar-refractivity contribution in [1.29, 1.82) is 0 Å². The van der Waals surface area contributed by atoms with Crippen molar-refractivity contribution in [2.75, 3.05) is 37.6 Å². The Bertz CT molecular complexity index is 1090. The summed E-state index contributed by atoms with van der Waals surface area (Å²) in [7, 11) is 0. The number of amides is 1. The fourth-order valence-corrected chi connectivity index (χ4v) is 4.71. The summed E-state index contributed by atoms with van der Waals surface area (Å²) in [5, 5.41) is 3.75. The van der Waals surface area contributed by atoms with Crippen LogP contribution < -0.4 is 10.2 Å². The molecule has 4 rings (SSSR count). The summed E-state index contributed by atoms with van der Waals surface area (Å²) in [6.07, 6.45) is 4.36. The number of anilines is 1. The highest BCUT2D eigenvalue weighted by molar-refractivity contribution is 7.98. The normalized spacial score (nSPS) is 14.2. The monoisotopic (exact) mass is 476 g/mol. The van der Waals surface area contributed by atoms with Gasteiger partial charge in [0.25, 0.3) is 5.91 Å². The number of aryl methyl sites for hydroxylation is 1. The number of piperazine rings is 1. The smallest absolute Gasteiger partial charge is 0.251 e. The third-order valence-electron chi connectivity index (χ3n) is 5.98. The first-order valence-electron chi connectivity index (χ1n) is 11.9. The van der Waals surface area contributed by atoms with Crippen molar-refractivity contribution < 1.29 is 4.79 Å². The number of nitrogens with zero attached hydrogens (tertiary/aromatic N) is 5. The highest BCUT2D eigenvalue weighted by Crippen LogP contribution is 2.24. The Morgan fingerprint density at radius 3 is 2.59 bits per heavy atom. The first-order chi connectivity index (χ1) is 16.6. The Labute approximate surface area is 206 Å². The van der Waals surface area contributed by atoms with Crippen molar-refractivity contribution >= 4 is 23.5 Å². The molecule has 1 amide bonds. The van der Waals surface area contributed by atoms with Gasteiger partial charge < -0.3 is 15.1 Å². The number of thioether (sulfide) groups is 1. The van der Waals surface area contributed by atoms with Crippen molar-refractivity contribution in [3.8, 4) is 0 Å². The number of hydrogen-bond acceptors (Lipinski definition) is 7. The van der Waals surface area contributed by atoms with E-state index in [4.69, 9.17) is 9.97 Å². The molecule has 8 heteroatoms. The highest BCUT2D eigenvalue weighted by atomic mass is 32.2. The van der Waals surface area contributed by atoms with Crippen LogP contribution in [-0.2, 0) is 18.7 Å². The number of likely N-dealkylation sites (N-methyl/N-ethyl adjacent to an activating group) is 1. The molecule has 0 aliphatic carbocycles. The van der Waals surface area contributed by atoms with Gasteiger partial charge in [0.1, 0.15) is 5.82 Å². The molecule has 1 N–H and O–H groups in total. The third-order valence-corrected chi connectivity index (χ3v) is 6.90. The Morgan fingerprint density at radius 2 is 1.85 bits per heavy atom. The van der Waals surface area contributed by atoms with Crippen LogP contribution in [0.3, 0.4) is 0 Å². The van der Waals surface area contributed by atoms with Gasteiger partial charge in [0, 0.05) is 68.2 Å². The van der Waals surface area contributed by atoms with E-state index in [1.807, 2.05) is 36.4 Å². The highest BCUT2D eigenvalue weighted by Gasteiger charge is 2.18. The summed E-state index contributed by atoms with van der Waals surface area (Å²) >= 11 is 1.62. The van der Waals surface area contributed by atoms with Crippen LogP contribution in [-0.4, -0.2) is 58.5 Å². The molecule has 1 saturated heterocycles. The van der Waals surface area contributed by atoms with Crippen LogP contribution >= 0.6 is 11.8 Å². The molecule has 1 fully saturated rings. The molecule has 3 heterocycles. The van der Waals surface area contributed by atoms with Crippen molar-refractivity contribution in [2.24, 2.45) is 0 Å². The summed E-state index contributed by atoms with van der Waals surface area (Å²) in [6, 6.07) is 13.7. The molecule has 178 valence electrons. The van der Waals surface area contributed by atoms with E-state index < -0.39 is 0 Å². The Hall–Kier alpha value is -2.97. The van der Waals surface area contributed by atoms with Gasteiger partial charge in [0.05, 0.1) is 0 Å². The summed E-state index contributed by atoms with van der Waals surface area (Å²) in [5.41, 5.74) is 3.76. The molecule has 7 nitrogen and oxygen atoms in total. The molecule has 1 aliphatic rings. The fourth-order valence-electron chi connectivity index (χ4n) is 3.90. The lowest BCUT2D eigenvalue weighted by molar-refractivity contribution is 0.0951. The van der Waals surface area contributed by atoms with E-state index in [9.17, 15) is 4.79 Å². The topological polar surface area (TPSA) is 74.2 Å².